The first-order valence-electron chi connectivity index (χ1n) is 13.7. The Morgan fingerprint density at radius 2 is 1.79 bits per heavy atom. The van der Waals surface area contributed by atoms with Gasteiger partial charge in [-0.1, -0.05) is 26.8 Å². The lowest BCUT2D eigenvalue weighted by atomic mass is 9.69. The number of aliphatic hydroxyl groups is 1. The zero-order chi connectivity index (χ0) is 28.0. The van der Waals surface area contributed by atoms with Gasteiger partial charge < -0.3 is 38.0 Å². The second kappa shape index (κ2) is 10.8. The SMILES string of the molecule is COCOc1cc(C[C@H]2C[C@@H](C=O)[C@@H]3[C@H](O)[C@H]4OC(C)(C)O[C@H]4[C@H](O[Si](C)(C)C(C)(C)C)[C@H]23)ccc1OC. The topological polar surface area (TPSA) is 92.7 Å². The highest BCUT2D eigenvalue weighted by Gasteiger charge is 2.64. The van der Waals surface area contributed by atoms with Gasteiger partial charge in [0.05, 0.1) is 19.3 Å². The minimum atomic E-state index is -2.23. The van der Waals surface area contributed by atoms with Gasteiger partial charge in [0.1, 0.15) is 18.5 Å². The van der Waals surface area contributed by atoms with Crippen LogP contribution < -0.4 is 9.47 Å². The van der Waals surface area contributed by atoms with Crippen LogP contribution in [0.1, 0.15) is 46.6 Å². The molecule has 1 N–H and O–H groups in total. The Bertz CT molecular complexity index is 989. The van der Waals surface area contributed by atoms with E-state index in [1.165, 1.54) is 0 Å². The van der Waals surface area contributed by atoms with E-state index in [4.69, 9.17) is 28.1 Å². The molecular weight excluding hydrogens is 504 g/mol. The van der Waals surface area contributed by atoms with Gasteiger partial charge in [0.15, 0.2) is 32.4 Å². The predicted molar refractivity (Wildman–Crippen MR) is 146 cm³/mol. The Labute approximate surface area is 228 Å². The highest BCUT2D eigenvalue weighted by atomic mass is 28.4. The van der Waals surface area contributed by atoms with Crippen molar-refractivity contribution in [2.24, 2.45) is 23.7 Å². The molecule has 0 unspecified atom stereocenters. The molecule has 0 spiro atoms. The lowest BCUT2D eigenvalue weighted by molar-refractivity contribution is -0.158. The van der Waals surface area contributed by atoms with Crippen molar-refractivity contribution in [2.75, 3.05) is 21.0 Å². The molecule has 38 heavy (non-hydrogen) atoms. The lowest BCUT2D eigenvalue weighted by Crippen LogP contribution is -2.61. The van der Waals surface area contributed by atoms with Crippen molar-refractivity contribution in [3.8, 4) is 11.5 Å². The third kappa shape index (κ3) is 5.56. The Hall–Kier alpha value is -1.49. The van der Waals surface area contributed by atoms with Crippen molar-refractivity contribution >= 4 is 14.6 Å². The molecular formula is C29H46O8Si. The molecule has 0 bridgehead atoms. The van der Waals surface area contributed by atoms with Crippen molar-refractivity contribution in [1.82, 2.24) is 0 Å². The number of benzene rings is 1. The fourth-order valence-corrected chi connectivity index (χ4v) is 7.74. The number of hydrogen-bond acceptors (Lipinski definition) is 8. The van der Waals surface area contributed by atoms with Crippen molar-refractivity contribution < 1.29 is 38.0 Å². The van der Waals surface area contributed by atoms with Crippen LogP contribution in [0.25, 0.3) is 0 Å². The van der Waals surface area contributed by atoms with E-state index in [1.54, 1.807) is 14.2 Å². The highest BCUT2D eigenvalue weighted by molar-refractivity contribution is 6.74. The van der Waals surface area contributed by atoms with Crippen molar-refractivity contribution in [2.45, 2.75) is 95.8 Å². The minimum Gasteiger partial charge on any atom is -0.493 e. The summed E-state index contributed by atoms with van der Waals surface area (Å²) in [5, 5.41) is 11.6. The maximum atomic E-state index is 12.4. The summed E-state index contributed by atoms with van der Waals surface area (Å²) in [6.07, 6.45) is 0.390. The smallest absolute Gasteiger partial charge is 0.192 e. The highest BCUT2D eigenvalue weighted by Crippen LogP contribution is 2.56. The molecule has 0 radical (unpaired) electrons. The van der Waals surface area contributed by atoms with Crippen molar-refractivity contribution in [3.63, 3.8) is 0 Å². The van der Waals surface area contributed by atoms with E-state index in [9.17, 15) is 9.90 Å². The van der Waals surface area contributed by atoms with Gasteiger partial charge in [0.25, 0.3) is 0 Å². The first kappa shape index (κ1) is 29.5. The summed E-state index contributed by atoms with van der Waals surface area (Å²) < 4.78 is 36.1. The molecule has 1 aliphatic heterocycles. The van der Waals surface area contributed by atoms with Gasteiger partial charge in [-0.05, 0) is 74.4 Å². The van der Waals surface area contributed by atoms with Crippen LogP contribution in [0.15, 0.2) is 18.2 Å². The van der Waals surface area contributed by atoms with E-state index in [0.717, 1.165) is 11.8 Å². The molecule has 2 aliphatic carbocycles. The fourth-order valence-electron chi connectivity index (χ4n) is 6.42. The van der Waals surface area contributed by atoms with Crippen molar-refractivity contribution in [1.29, 1.82) is 0 Å². The van der Waals surface area contributed by atoms with E-state index >= 15 is 0 Å². The van der Waals surface area contributed by atoms with Crippen LogP contribution in [0.3, 0.4) is 0 Å². The lowest BCUT2D eigenvalue weighted by Gasteiger charge is -2.50. The van der Waals surface area contributed by atoms with E-state index in [2.05, 4.69) is 33.9 Å². The summed E-state index contributed by atoms with van der Waals surface area (Å²) in [6.45, 7) is 15.0. The Morgan fingerprint density at radius 3 is 2.39 bits per heavy atom. The van der Waals surface area contributed by atoms with Gasteiger partial charge >= 0.3 is 0 Å². The zero-order valence-corrected chi connectivity index (χ0v) is 25.4. The third-order valence-corrected chi connectivity index (χ3v) is 13.6. The van der Waals surface area contributed by atoms with Crippen LogP contribution >= 0.6 is 0 Å². The number of carbonyl (C=O) groups excluding carboxylic acids is 1. The van der Waals surface area contributed by atoms with Crippen molar-refractivity contribution in [3.05, 3.63) is 23.8 Å². The standard InChI is InChI=1S/C29H46O8Si/c1-28(2,3)38(8,9)37-25-23-18(12-17-10-11-20(33-7)21(13-17)34-16-32-6)14-19(15-30)22(23)24(31)26-27(25)36-29(4,5)35-26/h10-11,13,15,18-19,22-27,31H,12,14,16H2,1-9H3/t18-,19-,22-,23+,24-,25+,26+,27-/m0/s1. The van der Waals surface area contributed by atoms with Crippen LogP contribution in [-0.4, -0.2) is 70.9 Å². The van der Waals surface area contributed by atoms with Crippen LogP contribution in [0, 0.1) is 23.7 Å². The number of aldehydes is 1. The van der Waals surface area contributed by atoms with Gasteiger partial charge in [0, 0.05) is 18.9 Å². The molecule has 1 saturated heterocycles. The predicted octanol–water partition coefficient (Wildman–Crippen LogP) is 4.57. The van der Waals surface area contributed by atoms with Crippen LogP contribution in [-0.2, 0) is 29.9 Å². The van der Waals surface area contributed by atoms with Crippen LogP contribution in [0.5, 0.6) is 11.5 Å². The second-order valence-electron chi connectivity index (χ2n) is 13.1. The fraction of sp³-hybridized carbons (Fsp3) is 0.759. The molecule has 3 aliphatic rings. The Kier molecular flexibility index (Phi) is 8.40. The van der Waals surface area contributed by atoms with Gasteiger partial charge in [-0.25, -0.2) is 0 Å². The van der Waals surface area contributed by atoms with E-state index in [0.29, 0.717) is 24.3 Å². The molecule has 8 nitrogen and oxygen atoms in total. The number of hydrogen-bond donors (Lipinski definition) is 1. The summed E-state index contributed by atoms with van der Waals surface area (Å²) in [6, 6.07) is 5.91. The number of carbonyl (C=O) groups is 1. The largest absolute Gasteiger partial charge is 0.493 e. The minimum absolute atomic E-state index is 0.00916. The summed E-state index contributed by atoms with van der Waals surface area (Å²) in [4.78, 5) is 12.4. The van der Waals surface area contributed by atoms with Gasteiger partial charge in [-0.3, -0.25) is 0 Å². The molecule has 8 atom stereocenters. The first-order valence-corrected chi connectivity index (χ1v) is 16.6. The number of fused-ring (bicyclic) bond motifs is 2. The molecule has 2 saturated carbocycles. The first-order chi connectivity index (χ1) is 17.7. The summed E-state index contributed by atoms with van der Waals surface area (Å²) in [5.41, 5.74) is 1.07. The Morgan fingerprint density at radius 1 is 1.11 bits per heavy atom. The molecule has 1 aromatic carbocycles. The zero-order valence-electron chi connectivity index (χ0n) is 24.4. The average molecular weight is 551 g/mol. The number of methoxy groups -OCH3 is 2. The molecule has 3 fully saturated rings. The monoisotopic (exact) mass is 550 g/mol. The summed E-state index contributed by atoms with van der Waals surface area (Å²) >= 11 is 0. The number of aliphatic hydroxyl groups excluding tert-OH is 1. The number of rotatable bonds is 9. The molecule has 214 valence electrons. The molecule has 0 aromatic heterocycles. The number of ether oxygens (including phenoxy) is 5. The van der Waals surface area contributed by atoms with E-state index in [1.807, 2.05) is 32.0 Å². The van der Waals surface area contributed by atoms with Crippen LogP contribution in [0.2, 0.25) is 18.1 Å². The summed E-state index contributed by atoms with van der Waals surface area (Å²) in [5.74, 6) is -0.0698. The molecule has 4 rings (SSSR count). The normalized spacial score (nSPS) is 34.5. The third-order valence-electron chi connectivity index (χ3n) is 9.13. The molecule has 1 heterocycles. The van der Waals surface area contributed by atoms with Gasteiger partial charge in [-0.2, -0.15) is 0 Å². The Balaban J connectivity index is 1.72. The average Bonchev–Trinajstić information content (AvgIpc) is 3.36. The van der Waals surface area contributed by atoms with Gasteiger partial charge in [-0.15, -0.1) is 0 Å². The van der Waals surface area contributed by atoms with Crippen LogP contribution in [0.4, 0.5) is 0 Å². The second-order valence-corrected chi connectivity index (χ2v) is 17.8. The quantitative estimate of drug-likeness (QED) is 0.272. The van der Waals surface area contributed by atoms with E-state index in [-0.39, 0.29) is 41.6 Å². The van der Waals surface area contributed by atoms with Gasteiger partial charge in [0.2, 0.25) is 0 Å². The molecule has 1 aromatic rings. The van der Waals surface area contributed by atoms with E-state index < -0.39 is 32.4 Å². The molecule has 9 heteroatoms. The maximum absolute atomic E-state index is 12.4. The summed E-state index contributed by atoms with van der Waals surface area (Å²) in [7, 11) is 0.962. The molecule has 0 amide bonds. The maximum Gasteiger partial charge on any atom is 0.192 e.